The minimum Gasteiger partial charge on any atom is -0.283 e. The number of fused-ring (bicyclic) bond motifs is 1. The molecule has 0 unspecified atom stereocenters. The van der Waals surface area contributed by atoms with Crippen molar-refractivity contribution in [2.45, 2.75) is 0 Å². The van der Waals surface area contributed by atoms with Crippen molar-refractivity contribution in [1.29, 1.82) is 0 Å². The molecule has 0 radical (unpaired) electrons. The Morgan fingerprint density at radius 3 is 2.57 bits per heavy atom. The molecule has 0 fully saturated rings. The van der Waals surface area contributed by atoms with E-state index >= 15 is 0 Å². The molecule has 0 atom stereocenters. The summed E-state index contributed by atoms with van der Waals surface area (Å²) in [4.78, 5) is 39.1. The molecule has 2 heterocycles. The summed E-state index contributed by atoms with van der Waals surface area (Å²) in [6.45, 7) is 0. The van der Waals surface area contributed by atoms with Gasteiger partial charge in [-0.3, -0.25) is 24.6 Å². The fraction of sp³-hybridized carbons (Fsp3) is 0. The number of nitro groups is 1. The Kier molecular flexibility index (Phi) is 3.02. The average Bonchev–Trinajstić information content (AvgIpc) is 2.71. The lowest BCUT2D eigenvalue weighted by atomic mass is 10.1. The van der Waals surface area contributed by atoms with Crippen LogP contribution in [0.1, 0.15) is 10.4 Å². The maximum Gasteiger partial charge on any atom is 0.305 e. The smallest absolute Gasteiger partial charge is 0.283 e. The summed E-state index contributed by atoms with van der Waals surface area (Å²) in [7, 11) is 0. The van der Waals surface area contributed by atoms with Crippen LogP contribution in [0.25, 0.3) is 0 Å². The van der Waals surface area contributed by atoms with Crippen molar-refractivity contribution < 1.29 is 14.5 Å². The van der Waals surface area contributed by atoms with E-state index in [1.165, 1.54) is 12.1 Å². The van der Waals surface area contributed by atoms with Crippen LogP contribution in [0.3, 0.4) is 0 Å². The van der Waals surface area contributed by atoms with E-state index in [0.29, 0.717) is 10.2 Å². The molecule has 21 heavy (non-hydrogen) atoms. The maximum absolute atomic E-state index is 12.1. The summed E-state index contributed by atoms with van der Waals surface area (Å²) < 4.78 is 0.681. The van der Waals surface area contributed by atoms with Crippen LogP contribution >= 0.6 is 15.9 Å². The molecule has 0 N–H and O–H groups in total. The number of hydrogen-bond acceptors (Lipinski definition) is 5. The van der Waals surface area contributed by atoms with Gasteiger partial charge in [-0.05, 0) is 24.3 Å². The summed E-state index contributed by atoms with van der Waals surface area (Å²) >= 11 is 3.24. The highest BCUT2D eigenvalue weighted by Gasteiger charge is 2.37. The summed E-state index contributed by atoms with van der Waals surface area (Å²) in [5.41, 5.74) is 0.497. The number of Topliss-reactive ketones (excluding diaryl/α,β-unsaturated/α-hetero) is 1. The molecule has 2 aromatic rings. The van der Waals surface area contributed by atoms with Crippen LogP contribution in [0.5, 0.6) is 0 Å². The molecule has 104 valence electrons. The van der Waals surface area contributed by atoms with E-state index in [1.54, 1.807) is 18.2 Å². The normalized spacial score (nSPS) is 13.5. The number of benzene rings is 1. The van der Waals surface area contributed by atoms with Gasteiger partial charge in [-0.25, -0.2) is 4.98 Å². The molecule has 1 aromatic carbocycles. The molecule has 1 aliphatic heterocycles. The van der Waals surface area contributed by atoms with Gasteiger partial charge in [0.2, 0.25) is 0 Å². The van der Waals surface area contributed by atoms with Crippen molar-refractivity contribution in [2.24, 2.45) is 0 Å². The third-order valence-electron chi connectivity index (χ3n) is 3.01. The SMILES string of the molecule is O=C1C(=O)N(c2ccc([N+](=O)[O-])cn2)c2ccc(Br)cc21. The first-order valence-corrected chi connectivity index (χ1v) is 6.57. The molecule has 0 bridgehead atoms. The maximum atomic E-state index is 12.1. The van der Waals surface area contributed by atoms with E-state index in [0.717, 1.165) is 11.1 Å². The van der Waals surface area contributed by atoms with Crippen LogP contribution in [-0.2, 0) is 4.79 Å². The van der Waals surface area contributed by atoms with Crippen LogP contribution in [0.2, 0.25) is 0 Å². The van der Waals surface area contributed by atoms with Crippen LogP contribution in [0.4, 0.5) is 17.2 Å². The van der Waals surface area contributed by atoms with Crippen molar-refractivity contribution in [3.05, 3.63) is 56.7 Å². The predicted octanol–water partition coefficient (Wildman–Crippen LogP) is 2.61. The van der Waals surface area contributed by atoms with E-state index in [1.807, 2.05) is 0 Å². The lowest BCUT2D eigenvalue weighted by molar-refractivity contribution is -0.385. The van der Waals surface area contributed by atoms with Gasteiger partial charge in [0.15, 0.2) is 0 Å². The Labute approximate surface area is 126 Å². The van der Waals surface area contributed by atoms with Gasteiger partial charge in [-0.15, -0.1) is 0 Å². The Morgan fingerprint density at radius 1 is 1.19 bits per heavy atom. The predicted molar refractivity (Wildman–Crippen MR) is 76.5 cm³/mol. The molecular formula is C13H6BrN3O4. The third kappa shape index (κ3) is 2.09. The largest absolute Gasteiger partial charge is 0.305 e. The minimum atomic E-state index is -0.732. The van der Waals surface area contributed by atoms with Crippen LogP contribution in [0.15, 0.2) is 41.0 Å². The zero-order chi connectivity index (χ0) is 15.1. The number of hydrogen-bond donors (Lipinski definition) is 0. The number of rotatable bonds is 2. The zero-order valence-corrected chi connectivity index (χ0v) is 11.9. The molecule has 3 rings (SSSR count). The van der Waals surface area contributed by atoms with E-state index in [9.17, 15) is 19.7 Å². The molecule has 0 aliphatic carbocycles. The highest BCUT2D eigenvalue weighted by molar-refractivity contribution is 9.10. The van der Waals surface area contributed by atoms with Crippen LogP contribution in [-0.4, -0.2) is 21.6 Å². The molecular weight excluding hydrogens is 342 g/mol. The van der Waals surface area contributed by atoms with Crippen molar-refractivity contribution >= 4 is 44.8 Å². The lowest BCUT2D eigenvalue weighted by Gasteiger charge is -2.14. The number of pyridine rings is 1. The Bertz CT molecular complexity index is 789. The Hall–Kier alpha value is -2.61. The number of carbonyl (C=O) groups excluding carboxylic acids is 2. The highest BCUT2D eigenvalue weighted by atomic mass is 79.9. The summed E-state index contributed by atoms with van der Waals surface area (Å²) in [5, 5.41) is 10.6. The van der Waals surface area contributed by atoms with Gasteiger partial charge >= 0.3 is 5.91 Å². The summed E-state index contributed by atoms with van der Waals surface area (Å²) in [6.07, 6.45) is 1.05. The molecule has 0 saturated carbocycles. The monoisotopic (exact) mass is 347 g/mol. The van der Waals surface area contributed by atoms with Crippen LogP contribution < -0.4 is 4.90 Å². The first-order valence-electron chi connectivity index (χ1n) is 5.78. The first-order chi connectivity index (χ1) is 9.99. The second kappa shape index (κ2) is 4.74. The minimum absolute atomic E-state index is 0.167. The molecule has 7 nitrogen and oxygen atoms in total. The molecule has 0 saturated heterocycles. The number of ketones is 1. The van der Waals surface area contributed by atoms with Gasteiger partial charge in [0.1, 0.15) is 12.0 Å². The molecule has 0 spiro atoms. The first kappa shape index (κ1) is 13.4. The third-order valence-corrected chi connectivity index (χ3v) is 3.51. The van der Waals surface area contributed by atoms with Gasteiger partial charge in [0.25, 0.3) is 11.5 Å². The number of halogens is 1. The number of amides is 1. The van der Waals surface area contributed by atoms with Crippen LogP contribution in [0, 0.1) is 10.1 Å². The second-order valence-electron chi connectivity index (χ2n) is 4.26. The number of nitrogens with zero attached hydrogens (tertiary/aromatic N) is 3. The van der Waals surface area contributed by atoms with E-state index in [-0.39, 0.29) is 17.1 Å². The van der Waals surface area contributed by atoms with Gasteiger partial charge in [0.05, 0.1) is 16.2 Å². The Morgan fingerprint density at radius 2 is 1.95 bits per heavy atom. The fourth-order valence-corrected chi connectivity index (χ4v) is 2.42. The Balaban J connectivity index is 2.09. The van der Waals surface area contributed by atoms with E-state index < -0.39 is 16.6 Å². The molecule has 1 amide bonds. The van der Waals surface area contributed by atoms with Gasteiger partial charge in [-0.1, -0.05) is 15.9 Å². The van der Waals surface area contributed by atoms with Crippen molar-refractivity contribution in [2.75, 3.05) is 4.90 Å². The highest BCUT2D eigenvalue weighted by Crippen LogP contribution is 2.36. The van der Waals surface area contributed by atoms with Gasteiger partial charge in [0, 0.05) is 10.5 Å². The number of carbonyl (C=O) groups is 2. The summed E-state index contributed by atoms with van der Waals surface area (Å²) in [6, 6.07) is 7.44. The quantitative estimate of drug-likeness (QED) is 0.472. The van der Waals surface area contributed by atoms with E-state index in [4.69, 9.17) is 0 Å². The standard InChI is InChI=1S/C13H6BrN3O4/c14-7-1-3-10-9(5-7)12(18)13(19)16(10)11-4-2-8(6-15-11)17(20)21/h1-6H. The molecule has 8 heteroatoms. The van der Waals surface area contributed by atoms with Gasteiger partial charge in [-0.2, -0.15) is 0 Å². The number of anilines is 2. The van der Waals surface area contributed by atoms with Crippen molar-refractivity contribution in [3.63, 3.8) is 0 Å². The van der Waals surface area contributed by atoms with E-state index in [2.05, 4.69) is 20.9 Å². The van der Waals surface area contributed by atoms with Crippen molar-refractivity contribution in [1.82, 2.24) is 4.98 Å². The zero-order valence-electron chi connectivity index (χ0n) is 10.3. The van der Waals surface area contributed by atoms with Crippen molar-refractivity contribution in [3.8, 4) is 0 Å². The average molecular weight is 348 g/mol. The topological polar surface area (TPSA) is 93.4 Å². The molecule has 1 aromatic heterocycles. The van der Waals surface area contributed by atoms with Gasteiger partial charge < -0.3 is 0 Å². The second-order valence-corrected chi connectivity index (χ2v) is 5.18. The number of aromatic nitrogens is 1. The molecule has 1 aliphatic rings. The lowest BCUT2D eigenvalue weighted by Crippen LogP contribution is -2.25. The summed E-state index contributed by atoms with van der Waals surface area (Å²) in [5.74, 6) is -1.20. The fourth-order valence-electron chi connectivity index (χ4n) is 2.06.